The van der Waals surface area contributed by atoms with Gasteiger partial charge in [0.15, 0.2) is 0 Å². The maximum absolute atomic E-state index is 11.3. The number of rotatable bonds is 3. The average Bonchev–Trinajstić information content (AvgIpc) is 2.50. The third-order valence-electron chi connectivity index (χ3n) is 3.66. The second-order valence-electron chi connectivity index (χ2n) is 5.72. The number of aromatic nitrogens is 1. The smallest absolute Gasteiger partial charge is 0.295 e. The highest BCUT2D eigenvalue weighted by Gasteiger charge is 2.23. The third-order valence-corrected chi connectivity index (χ3v) is 4.75. The molecule has 0 amide bonds. The zero-order chi connectivity index (χ0) is 16.7. The van der Waals surface area contributed by atoms with E-state index in [9.17, 15) is 10.1 Å². The molecule has 2 aromatic carbocycles. The summed E-state index contributed by atoms with van der Waals surface area (Å²) in [5.41, 5.74) is 3.26. The van der Waals surface area contributed by atoms with Gasteiger partial charge in [0.25, 0.3) is 15.1 Å². The van der Waals surface area contributed by atoms with Gasteiger partial charge in [-0.25, -0.2) is 4.98 Å². The standard InChI is InChI=1S/C16H17N4O2S/c1-18(2)10-5-6-11-15(7-10)23-16-9-13(19(3)4)14(20(21)22)8-12(16)17-11/h5-9H,1-4H3/q+1. The van der Waals surface area contributed by atoms with Gasteiger partial charge in [0.05, 0.1) is 4.92 Å². The Morgan fingerprint density at radius 1 is 1.00 bits per heavy atom. The average molecular weight is 329 g/mol. The number of nitro benzene ring substituents is 1. The van der Waals surface area contributed by atoms with Gasteiger partial charge in [0.2, 0.25) is 11.3 Å². The van der Waals surface area contributed by atoms with Crippen LogP contribution in [0.4, 0.5) is 17.1 Å². The lowest BCUT2D eigenvalue weighted by Gasteiger charge is -2.12. The molecule has 0 aliphatic carbocycles. The third kappa shape index (κ3) is 2.75. The summed E-state index contributed by atoms with van der Waals surface area (Å²) < 4.78 is 1.99. The predicted molar refractivity (Wildman–Crippen MR) is 96.8 cm³/mol. The van der Waals surface area contributed by atoms with Crippen molar-refractivity contribution in [2.75, 3.05) is 38.0 Å². The van der Waals surface area contributed by atoms with Crippen LogP contribution < -0.4 is 9.80 Å². The molecule has 6 nitrogen and oxygen atoms in total. The fraction of sp³-hybridized carbons (Fsp3) is 0.250. The SMILES string of the molecule is CN(C)c1ccc2nc3cc([N+](=O)[O-])c(N(C)C)cc3[s+]c2c1. The first-order chi connectivity index (χ1) is 10.9. The van der Waals surface area contributed by atoms with E-state index in [1.165, 1.54) is 0 Å². The van der Waals surface area contributed by atoms with Crippen LogP contribution in [0.25, 0.3) is 20.4 Å². The van der Waals surface area contributed by atoms with Crippen LogP contribution in [0.2, 0.25) is 0 Å². The molecule has 0 fully saturated rings. The fourth-order valence-electron chi connectivity index (χ4n) is 2.42. The largest absolute Gasteiger partial charge is 0.377 e. The number of nitrogens with zero attached hydrogens (tertiary/aromatic N) is 4. The van der Waals surface area contributed by atoms with Crippen LogP contribution in [0.15, 0.2) is 30.3 Å². The number of hydrogen-bond acceptors (Lipinski definition) is 5. The molecule has 0 unspecified atom stereocenters. The molecule has 0 aliphatic heterocycles. The van der Waals surface area contributed by atoms with E-state index in [-0.39, 0.29) is 10.6 Å². The summed E-state index contributed by atoms with van der Waals surface area (Å²) in [6, 6.07) is 9.43. The van der Waals surface area contributed by atoms with Crippen molar-refractivity contribution in [2.45, 2.75) is 0 Å². The lowest BCUT2D eigenvalue weighted by atomic mass is 10.2. The van der Waals surface area contributed by atoms with E-state index in [1.54, 1.807) is 36.4 Å². The lowest BCUT2D eigenvalue weighted by Crippen LogP contribution is -2.11. The Morgan fingerprint density at radius 2 is 1.70 bits per heavy atom. The number of benzene rings is 2. The first-order valence-corrected chi connectivity index (χ1v) is 7.89. The molecular formula is C16H17N4O2S+. The van der Waals surface area contributed by atoms with Gasteiger partial charge in [-0.3, -0.25) is 10.1 Å². The minimum atomic E-state index is -0.361. The maximum Gasteiger partial charge on any atom is 0.295 e. The van der Waals surface area contributed by atoms with Crippen LogP contribution in [-0.2, 0) is 0 Å². The summed E-state index contributed by atoms with van der Waals surface area (Å²) in [5.74, 6) is 0. The van der Waals surface area contributed by atoms with E-state index >= 15 is 0 Å². The van der Waals surface area contributed by atoms with Gasteiger partial charge < -0.3 is 9.80 Å². The molecule has 23 heavy (non-hydrogen) atoms. The Hall–Kier alpha value is -2.54. The van der Waals surface area contributed by atoms with Gasteiger partial charge in [-0.1, -0.05) is 0 Å². The molecule has 0 saturated heterocycles. The first kappa shape index (κ1) is 15.4. The van der Waals surface area contributed by atoms with Gasteiger partial charge >= 0.3 is 0 Å². The second-order valence-corrected chi connectivity index (χ2v) is 6.80. The number of fused-ring (bicyclic) bond motifs is 2. The molecule has 118 valence electrons. The fourth-order valence-corrected chi connectivity index (χ4v) is 3.44. The van der Waals surface area contributed by atoms with Crippen LogP contribution in [-0.4, -0.2) is 38.1 Å². The van der Waals surface area contributed by atoms with Gasteiger partial charge in [-0.05, 0) is 12.1 Å². The molecule has 3 rings (SSSR count). The summed E-state index contributed by atoms with van der Waals surface area (Å²) in [5, 5.41) is 11.3. The number of nitro groups is 1. The van der Waals surface area contributed by atoms with Crippen molar-refractivity contribution in [3.05, 3.63) is 40.4 Å². The van der Waals surface area contributed by atoms with Crippen LogP contribution in [0.3, 0.4) is 0 Å². The molecule has 1 aromatic heterocycles. The van der Waals surface area contributed by atoms with Gasteiger partial charge in [-0.2, -0.15) is 0 Å². The van der Waals surface area contributed by atoms with Gasteiger partial charge in [0, 0.05) is 52.1 Å². The minimum Gasteiger partial charge on any atom is -0.377 e. The summed E-state index contributed by atoms with van der Waals surface area (Å²) in [6.07, 6.45) is 0. The molecule has 0 N–H and O–H groups in total. The van der Waals surface area contributed by atoms with Crippen molar-refractivity contribution in [2.24, 2.45) is 0 Å². The molecule has 0 spiro atoms. The summed E-state index contributed by atoms with van der Waals surface area (Å²) in [6.45, 7) is 0. The predicted octanol–water partition coefficient (Wildman–Crippen LogP) is 3.77. The Morgan fingerprint density at radius 3 is 2.30 bits per heavy atom. The topological polar surface area (TPSA) is 62.5 Å². The highest BCUT2D eigenvalue weighted by Crippen LogP contribution is 2.35. The summed E-state index contributed by atoms with van der Waals surface area (Å²) in [7, 11) is 7.59. The minimum absolute atomic E-state index is 0.0754. The van der Waals surface area contributed by atoms with Gasteiger partial charge in [0.1, 0.15) is 16.7 Å². The van der Waals surface area contributed by atoms with Crippen molar-refractivity contribution in [1.29, 1.82) is 0 Å². The molecular weight excluding hydrogens is 312 g/mol. The second kappa shape index (κ2) is 5.58. The number of hydrogen-bond donors (Lipinski definition) is 0. The molecule has 7 heteroatoms. The van der Waals surface area contributed by atoms with E-state index in [4.69, 9.17) is 0 Å². The first-order valence-electron chi connectivity index (χ1n) is 7.07. The summed E-state index contributed by atoms with van der Waals surface area (Å²) >= 11 is 1.60. The molecule has 0 saturated carbocycles. The lowest BCUT2D eigenvalue weighted by molar-refractivity contribution is -0.384. The van der Waals surface area contributed by atoms with Crippen LogP contribution in [0.1, 0.15) is 0 Å². The number of anilines is 2. The Balaban J connectivity index is 2.30. The van der Waals surface area contributed by atoms with Crippen molar-refractivity contribution in [3.63, 3.8) is 0 Å². The molecule has 0 aliphatic rings. The highest BCUT2D eigenvalue weighted by molar-refractivity contribution is 7.24. The van der Waals surface area contributed by atoms with Crippen LogP contribution >= 0.6 is 11.3 Å². The maximum atomic E-state index is 11.3. The quantitative estimate of drug-likeness (QED) is 0.317. The van der Waals surface area contributed by atoms with E-state index in [1.807, 2.05) is 37.2 Å². The Bertz CT molecular complexity index is 925. The van der Waals surface area contributed by atoms with Crippen molar-refractivity contribution < 1.29 is 4.92 Å². The van der Waals surface area contributed by atoms with E-state index in [0.29, 0.717) is 11.2 Å². The zero-order valence-electron chi connectivity index (χ0n) is 13.4. The van der Waals surface area contributed by atoms with Crippen LogP contribution in [0, 0.1) is 10.1 Å². The normalized spacial score (nSPS) is 11.0. The van der Waals surface area contributed by atoms with Crippen molar-refractivity contribution >= 4 is 48.8 Å². The molecule has 0 atom stereocenters. The molecule has 1 heterocycles. The summed E-state index contributed by atoms with van der Waals surface area (Å²) in [4.78, 5) is 19.3. The van der Waals surface area contributed by atoms with E-state index in [2.05, 4.69) is 11.1 Å². The van der Waals surface area contributed by atoms with Crippen molar-refractivity contribution in [3.8, 4) is 0 Å². The van der Waals surface area contributed by atoms with Gasteiger partial charge in [-0.15, -0.1) is 0 Å². The van der Waals surface area contributed by atoms with E-state index in [0.717, 1.165) is 20.6 Å². The van der Waals surface area contributed by atoms with Crippen LogP contribution in [0.5, 0.6) is 0 Å². The molecule has 3 aromatic rings. The van der Waals surface area contributed by atoms with Crippen molar-refractivity contribution in [1.82, 2.24) is 4.98 Å². The molecule has 0 radical (unpaired) electrons. The monoisotopic (exact) mass is 329 g/mol. The Kier molecular flexibility index (Phi) is 3.73. The molecule has 0 bridgehead atoms. The highest BCUT2D eigenvalue weighted by atomic mass is 32.1. The Labute approximate surface area is 137 Å². The zero-order valence-corrected chi connectivity index (χ0v) is 14.2. The van der Waals surface area contributed by atoms with E-state index < -0.39 is 0 Å².